The molecule has 0 aromatic rings. The molecular formula is C17H34. The molecule has 3 atom stereocenters. The van der Waals surface area contributed by atoms with Crippen LogP contribution in [0.15, 0.2) is 0 Å². The standard InChI is InChI=1S/C17H34/c1-5-8-9-10-12-17(13-15(4)7-3)14-16(17)11-6-2/h15-16H,5-14H2,1-4H3. The Balaban J connectivity index is 2.34. The minimum atomic E-state index is 0.791. The molecule has 0 nitrogen and oxygen atoms in total. The zero-order valence-corrected chi connectivity index (χ0v) is 12.7. The lowest BCUT2D eigenvalue weighted by Crippen LogP contribution is -2.10. The van der Waals surface area contributed by atoms with Crippen molar-refractivity contribution in [3.8, 4) is 0 Å². The second kappa shape index (κ2) is 7.44. The van der Waals surface area contributed by atoms with Gasteiger partial charge in [-0.25, -0.2) is 0 Å². The SMILES string of the molecule is CCCCCCC1(CC(C)CC)CC1CCC. The molecule has 17 heavy (non-hydrogen) atoms. The molecular weight excluding hydrogens is 204 g/mol. The van der Waals surface area contributed by atoms with Gasteiger partial charge in [-0.3, -0.25) is 0 Å². The van der Waals surface area contributed by atoms with Crippen molar-refractivity contribution < 1.29 is 0 Å². The van der Waals surface area contributed by atoms with Crippen LogP contribution in [-0.2, 0) is 0 Å². The Labute approximate surface area is 110 Å². The van der Waals surface area contributed by atoms with Crippen LogP contribution in [0.2, 0.25) is 0 Å². The minimum Gasteiger partial charge on any atom is -0.0654 e. The molecule has 0 heteroatoms. The molecule has 0 aliphatic heterocycles. The third-order valence-corrected chi connectivity index (χ3v) is 4.98. The molecule has 0 N–H and O–H groups in total. The normalized spacial score (nSPS) is 29.3. The molecule has 0 radical (unpaired) electrons. The maximum Gasteiger partial charge on any atom is -0.0264 e. The molecule has 0 amide bonds. The summed E-state index contributed by atoms with van der Waals surface area (Å²) in [5.74, 6) is 2.03. The first kappa shape index (κ1) is 15.1. The van der Waals surface area contributed by atoms with Gasteiger partial charge in [-0.05, 0) is 36.5 Å². The zero-order chi connectivity index (χ0) is 12.7. The third-order valence-electron chi connectivity index (χ3n) is 4.98. The van der Waals surface area contributed by atoms with E-state index in [0.717, 1.165) is 17.3 Å². The fourth-order valence-electron chi connectivity index (χ4n) is 3.59. The molecule has 1 fully saturated rings. The fraction of sp³-hybridized carbons (Fsp3) is 1.00. The summed E-state index contributed by atoms with van der Waals surface area (Å²) in [6, 6.07) is 0. The monoisotopic (exact) mass is 238 g/mol. The lowest BCUT2D eigenvalue weighted by atomic mass is 9.84. The Hall–Kier alpha value is 0. The molecule has 0 saturated heterocycles. The summed E-state index contributed by atoms with van der Waals surface area (Å²) in [6.07, 6.45) is 14.6. The lowest BCUT2D eigenvalue weighted by molar-refractivity contribution is 0.299. The molecule has 102 valence electrons. The Morgan fingerprint density at radius 1 is 1.06 bits per heavy atom. The summed E-state index contributed by atoms with van der Waals surface area (Å²) in [5, 5.41) is 0. The van der Waals surface area contributed by atoms with Crippen molar-refractivity contribution in [1.82, 2.24) is 0 Å². The van der Waals surface area contributed by atoms with E-state index in [1.165, 1.54) is 57.8 Å². The molecule has 0 heterocycles. The lowest BCUT2D eigenvalue weighted by Gasteiger charge is -2.21. The largest absolute Gasteiger partial charge is 0.0654 e. The summed E-state index contributed by atoms with van der Waals surface area (Å²) in [5.41, 5.74) is 0.791. The van der Waals surface area contributed by atoms with Crippen molar-refractivity contribution in [2.75, 3.05) is 0 Å². The first-order valence-electron chi connectivity index (χ1n) is 8.18. The van der Waals surface area contributed by atoms with Crippen molar-refractivity contribution in [2.24, 2.45) is 17.3 Å². The molecule has 0 aromatic heterocycles. The van der Waals surface area contributed by atoms with Crippen molar-refractivity contribution >= 4 is 0 Å². The second-order valence-corrected chi connectivity index (χ2v) is 6.58. The quantitative estimate of drug-likeness (QED) is 0.397. The molecule has 1 aliphatic carbocycles. The Kier molecular flexibility index (Phi) is 6.59. The molecule has 3 unspecified atom stereocenters. The maximum atomic E-state index is 2.45. The van der Waals surface area contributed by atoms with E-state index in [1.807, 2.05) is 0 Å². The van der Waals surface area contributed by atoms with Gasteiger partial charge in [-0.15, -0.1) is 0 Å². The first-order chi connectivity index (χ1) is 8.18. The van der Waals surface area contributed by atoms with E-state index in [0.29, 0.717) is 0 Å². The van der Waals surface area contributed by atoms with Crippen molar-refractivity contribution in [1.29, 1.82) is 0 Å². The summed E-state index contributed by atoms with van der Waals surface area (Å²) < 4.78 is 0. The van der Waals surface area contributed by atoms with E-state index in [9.17, 15) is 0 Å². The predicted octanol–water partition coefficient (Wildman–Crippen LogP) is 6.20. The van der Waals surface area contributed by atoms with Crippen molar-refractivity contribution in [3.05, 3.63) is 0 Å². The first-order valence-corrected chi connectivity index (χ1v) is 8.18. The van der Waals surface area contributed by atoms with Crippen LogP contribution in [0, 0.1) is 17.3 Å². The van der Waals surface area contributed by atoms with Crippen LogP contribution < -0.4 is 0 Å². The molecule has 0 aromatic carbocycles. The summed E-state index contributed by atoms with van der Waals surface area (Å²) in [4.78, 5) is 0. The van der Waals surface area contributed by atoms with Gasteiger partial charge in [0.05, 0.1) is 0 Å². The van der Waals surface area contributed by atoms with Crippen molar-refractivity contribution in [2.45, 2.75) is 91.9 Å². The van der Waals surface area contributed by atoms with Gasteiger partial charge in [0.15, 0.2) is 0 Å². The summed E-state index contributed by atoms with van der Waals surface area (Å²) in [6.45, 7) is 9.47. The topological polar surface area (TPSA) is 0 Å². The zero-order valence-electron chi connectivity index (χ0n) is 12.7. The van der Waals surface area contributed by atoms with E-state index in [2.05, 4.69) is 27.7 Å². The number of hydrogen-bond acceptors (Lipinski definition) is 0. The average Bonchev–Trinajstić information content (AvgIpc) is 2.98. The minimum absolute atomic E-state index is 0.791. The molecule has 1 aliphatic rings. The van der Waals surface area contributed by atoms with Crippen LogP contribution in [0.5, 0.6) is 0 Å². The number of hydrogen-bond donors (Lipinski definition) is 0. The van der Waals surface area contributed by atoms with Gasteiger partial charge in [-0.2, -0.15) is 0 Å². The number of unbranched alkanes of at least 4 members (excludes halogenated alkanes) is 3. The Bertz CT molecular complexity index is 196. The third kappa shape index (κ3) is 4.64. The maximum absolute atomic E-state index is 2.45. The van der Waals surface area contributed by atoms with E-state index in [1.54, 1.807) is 6.42 Å². The molecule has 1 saturated carbocycles. The average molecular weight is 238 g/mol. The highest BCUT2D eigenvalue weighted by molar-refractivity contribution is 5.02. The van der Waals surface area contributed by atoms with Crippen LogP contribution in [-0.4, -0.2) is 0 Å². The smallest absolute Gasteiger partial charge is 0.0264 e. The number of rotatable bonds is 10. The highest BCUT2D eigenvalue weighted by Gasteiger charge is 2.51. The van der Waals surface area contributed by atoms with Gasteiger partial charge in [0.1, 0.15) is 0 Å². The van der Waals surface area contributed by atoms with Crippen LogP contribution in [0.4, 0.5) is 0 Å². The van der Waals surface area contributed by atoms with E-state index in [-0.39, 0.29) is 0 Å². The van der Waals surface area contributed by atoms with Gasteiger partial charge >= 0.3 is 0 Å². The van der Waals surface area contributed by atoms with Crippen LogP contribution in [0.1, 0.15) is 91.9 Å². The predicted molar refractivity (Wildman–Crippen MR) is 78.3 cm³/mol. The van der Waals surface area contributed by atoms with Crippen LogP contribution >= 0.6 is 0 Å². The second-order valence-electron chi connectivity index (χ2n) is 6.58. The van der Waals surface area contributed by atoms with Gasteiger partial charge in [0, 0.05) is 0 Å². The molecule has 1 rings (SSSR count). The van der Waals surface area contributed by atoms with Gasteiger partial charge in [0.25, 0.3) is 0 Å². The Morgan fingerprint density at radius 3 is 2.41 bits per heavy atom. The van der Waals surface area contributed by atoms with Gasteiger partial charge < -0.3 is 0 Å². The van der Waals surface area contributed by atoms with Crippen LogP contribution in [0.3, 0.4) is 0 Å². The van der Waals surface area contributed by atoms with Gasteiger partial charge in [0.2, 0.25) is 0 Å². The summed E-state index contributed by atoms with van der Waals surface area (Å²) in [7, 11) is 0. The fourth-order valence-corrected chi connectivity index (χ4v) is 3.59. The highest BCUT2D eigenvalue weighted by atomic mass is 14.6. The van der Waals surface area contributed by atoms with E-state index >= 15 is 0 Å². The van der Waals surface area contributed by atoms with Crippen molar-refractivity contribution in [3.63, 3.8) is 0 Å². The molecule has 0 bridgehead atoms. The van der Waals surface area contributed by atoms with E-state index in [4.69, 9.17) is 0 Å². The van der Waals surface area contributed by atoms with Crippen LogP contribution in [0.25, 0.3) is 0 Å². The Morgan fingerprint density at radius 2 is 1.82 bits per heavy atom. The molecule has 0 spiro atoms. The van der Waals surface area contributed by atoms with E-state index < -0.39 is 0 Å². The summed E-state index contributed by atoms with van der Waals surface area (Å²) >= 11 is 0. The van der Waals surface area contributed by atoms with Gasteiger partial charge in [-0.1, -0.05) is 72.6 Å². The highest BCUT2D eigenvalue weighted by Crippen LogP contribution is 2.62.